The SMILES string of the molecule is CC(CO)C(C)NC(=O)CCOc1ccc(Br)cc1. The van der Waals surface area contributed by atoms with Gasteiger partial charge < -0.3 is 15.2 Å². The van der Waals surface area contributed by atoms with Crippen LogP contribution < -0.4 is 10.1 Å². The van der Waals surface area contributed by atoms with Crippen LogP contribution in [-0.2, 0) is 4.79 Å². The van der Waals surface area contributed by atoms with E-state index in [9.17, 15) is 4.79 Å². The average molecular weight is 330 g/mol. The Morgan fingerprint density at radius 1 is 1.37 bits per heavy atom. The third kappa shape index (κ3) is 6.07. The number of amides is 1. The predicted molar refractivity (Wildman–Crippen MR) is 78.1 cm³/mol. The van der Waals surface area contributed by atoms with Gasteiger partial charge >= 0.3 is 0 Å². The third-order valence-electron chi connectivity index (χ3n) is 2.94. The summed E-state index contributed by atoms with van der Waals surface area (Å²) in [6.07, 6.45) is 0.304. The van der Waals surface area contributed by atoms with Crippen molar-refractivity contribution in [1.82, 2.24) is 5.32 Å². The minimum absolute atomic E-state index is 0.0369. The highest BCUT2D eigenvalue weighted by atomic mass is 79.9. The van der Waals surface area contributed by atoms with Crippen molar-refractivity contribution >= 4 is 21.8 Å². The van der Waals surface area contributed by atoms with Gasteiger partial charge in [-0.2, -0.15) is 0 Å². The van der Waals surface area contributed by atoms with Crippen LogP contribution in [0.3, 0.4) is 0 Å². The van der Waals surface area contributed by atoms with Crippen molar-refractivity contribution in [2.45, 2.75) is 26.3 Å². The first kappa shape index (κ1) is 16.0. The molecule has 0 heterocycles. The lowest BCUT2D eigenvalue weighted by Gasteiger charge is -2.19. The van der Waals surface area contributed by atoms with E-state index >= 15 is 0 Å². The summed E-state index contributed by atoms with van der Waals surface area (Å²) in [5, 5.41) is 11.8. The Morgan fingerprint density at radius 3 is 2.58 bits per heavy atom. The predicted octanol–water partition coefficient (Wildman–Crippen LogP) is 2.35. The fraction of sp³-hybridized carbons (Fsp3) is 0.500. The summed E-state index contributed by atoms with van der Waals surface area (Å²) in [6, 6.07) is 7.43. The molecule has 1 amide bonds. The lowest BCUT2D eigenvalue weighted by atomic mass is 10.1. The molecule has 2 unspecified atom stereocenters. The summed E-state index contributed by atoms with van der Waals surface area (Å²) in [6.45, 7) is 4.18. The molecule has 0 aliphatic rings. The van der Waals surface area contributed by atoms with Crippen LogP contribution >= 0.6 is 15.9 Å². The van der Waals surface area contributed by atoms with Crippen molar-refractivity contribution < 1.29 is 14.6 Å². The van der Waals surface area contributed by atoms with Crippen LogP contribution in [0.4, 0.5) is 0 Å². The van der Waals surface area contributed by atoms with Crippen molar-refractivity contribution in [2.75, 3.05) is 13.2 Å². The zero-order valence-corrected chi connectivity index (χ0v) is 12.8. The Morgan fingerprint density at radius 2 is 2.00 bits per heavy atom. The van der Waals surface area contributed by atoms with Crippen LogP contribution in [0.25, 0.3) is 0 Å². The number of carbonyl (C=O) groups is 1. The second-order valence-electron chi connectivity index (χ2n) is 4.57. The maximum Gasteiger partial charge on any atom is 0.223 e. The molecule has 0 radical (unpaired) electrons. The van der Waals surface area contributed by atoms with Crippen molar-refractivity contribution in [3.05, 3.63) is 28.7 Å². The number of benzene rings is 1. The first-order chi connectivity index (χ1) is 9.02. The molecule has 0 saturated carbocycles. The van der Waals surface area contributed by atoms with Gasteiger partial charge in [-0.1, -0.05) is 22.9 Å². The second-order valence-corrected chi connectivity index (χ2v) is 5.48. The van der Waals surface area contributed by atoms with Gasteiger partial charge in [0.15, 0.2) is 0 Å². The van der Waals surface area contributed by atoms with Crippen molar-refractivity contribution in [1.29, 1.82) is 0 Å². The van der Waals surface area contributed by atoms with Crippen LogP contribution in [0.15, 0.2) is 28.7 Å². The van der Waals surface area contributed by atoms with Gasteiger partial charge in [-0.15, -0.1) is 0 Å². The summed E-state index contributed by atoms with van der Waals surface area (Å²) < 4.78 is 6.46. The summed E-state index contributed by atoms with van der Waals surface area (Å²) in [5.74, 6) is 0.731. The molecule has 0 aliphatic heterocycles. The Kier molecular flexibility index (Phi) is 6.87. The topological polar surface area (TPSA) is 58.6 Å². The number of halogens is 1. The number of carbonyl (C=O) groups excluding carboxylic acids is 1. The number of aliphatic hydroxyl groups is 1. The van der Waals surface area contributed by atoms with E-state index in [0.717, 1.165) is 10.2 Å². The summed E-state index contributed by atoms with van der Waals surface area (Å²) in [5.41, 5.74) is 0. The van der Waals surface area contributed by atoms with Gasteiger partial charge in [0.1, 0.15) is 5.75 Å². The van der Waals surface area contributed by atoms with Gasteiger partial charge in [-0.25, -0.2) is 0 Å². The highest BCUT2D eigenvalue weighted by Gasteiger charge is 2.13. The Bertz CT molecular complexity index is 394. The Balaban J connectivity index is 2.25. The van der Waals surface area contributed by atoms with Crippen LogP contribution in [-0.4, -0.2) is 30.3 Å². The maximum atomic E-state index is 11.6. The molecular weight excluding hydrogens is 310 g/mol. The molecule has 0 fully saturated rings. The van der Waals surface area contributed by atoms with E-state index in [-0.39, 0.29) is 24.5 Å². The van der Waals surface area contributed by atoms with E-state index in [1.54, 1.807) is 0 Å². The molecule has 106 valence electrons. The van der Waals surface area contributed by atoms with Crippen LogP contribution in [0.2, 0.25) is 0 Å². The van der Waals surface area contributed by atoms with E-state index in [1.807, 2.05) is 38.1 Å². The van der Waals surface area contributed by atoms with E-state index in [1.165, 1.54) is 0 Å². The van der Waals surface area contributed by atoms with Gasteiger partial charge in [0.05, 0.1) is 13.0 Å². The monoisotopic (exact) mass is 329 g/mol. The molecule has 0 spiro atoms. The van der Waals surface area contributed by atoms with Gasteiger partial charge in [0.25, 0.3) is 0 Å². The standard InChI is InChI=1S/C14H20BrNO3/c1-10(9-17)11(2)16-14(18)7-8-19-13-5-3-12(15)4-6-13/h3-6,10-11,17H,7-9H2,1-2H3,(H,16,18). The average Bonchev–Trinajstić information content (AvgIpc) is 2.40. The van der Waals surface area contributed by atoms with E-state index < -0.39 is 0 Å². The minimum Gasteiger partial charge on any atom is -0.493 e. The van der Waals surface area contributed by atoms with Crippen molar-refractivity contribution in [3.63, 3.8) is 0 Å². The molecule has 2 atom stereocenters. The number of aliphatic hydroxyl groups excluding tert-OH is 1. The smallest absolute Gasteiger partial charge is 0.223 e. The number of hydrogen-bond acceptors (Lipinski definition) is 3. The summed E-state index contributed by atoms with van der Waals surface area (Å²) >= 11 is 3.34. The lowest BCUT2D eigenvalue weighted by Crippen LogP contribution is -2.38. The van der Waals surface area contributed by atoms with Crippen molar-refractivity contribution in [2.24, 2.45) is 5.92 Å². The highest BCUT2D eigenvalue weighted by Crippen LogP contribution is 2.16. The van der Waals surface area contributed by atoms with Crippen LogP contribution in [0.5, 0.6) is 5.75 Å². The fourth-order valence-electron chi connectivity index (χ4n) is 1.42. The van der Waals surface area contributed by atoms with Gasteiger partial charge in [0, 0.05) is 17.1 Å². The summed E-state index contributed by atoms with van der Waals surface area (Å²) in [7, 11) is 0. The van der Waals surface area contributed by atoms with Crippen LogP contribution in [0, 0.1) is 5.92 Å². The molecule has 0 saturated heterocycles. The normalized spacial score (nSPS) is 13.7. The van der Waals surface area contributed by atoms with Gasteiger partial charge in [-0.3, -0.25) is 4.79 Å². The molecular formula is C14H20BrNO3. The maximum absolute atomic E-state index is 11.6. The molecule has 0 aliphatic carbocycles. The van der Waals surface area contributed by atoms with Crippen LogP contribution in [0.1, 0.15) is 20.3 Å². The van der Waals surface area contributed by atoms with Crippen molar-refractivity contribution in [3.8, 4) is 5.75 Å². The molecule has 1 aromatic rings. The number of ether oxygens (including phenoxy) is 1. The molecule has 0 aromatic heterocycles. The van der Waals surface area contributed by atoms with E-state index in [4.69, 9.17) is 9.84 Å². The van der Waals surface area contributed by atoms with Gasteiger partial charge in [0.2, 0.25) is 5.91 Å². The molecule has 19 heavy (non-hydrogen) atoms. The largest absolute Gasteiger partial charge is 0.493 e. The second kappa shape index (κ2) is 8.17. The zero-order chi connectivity index (χ0) is 14.3. The Hall–Kier alpha value is -1.07. The molecule has 5 heteroatoms. The fourth-order valence-corrected chi connectivity index (χ4v) is 1.68. The quantitative estimate of drug-likeness (QED) is 0.807. The molecule has 2 N–H and O–H groups in total. The molecule has 1 rings (SSSR count). The minimum atomic E-state index is -0.0649. The highest BCUT2D eigenvalue weighted by molar-refractivity contribution is 9.10. The lowest BCUT2D eigenvalue weighted by molar-refractivity contribution is -0.122. The zero-order valence-electron chi connectivity index (χ0n) is 11.2. The first-order valence-corrected chi connectivity index (χ1v) is 7.11. The number of hydrogen-bond donors (Lipinski definition) is 2. The number of rotatable bonds is 7. The van der Waals surface area contributed by atoms with Gasteiger partial charge in [-0.05, 0) is 37.1 Å². The van der Waals surface area contributed by atoms with E-state index in [2.05, 4.69) is 21.2 Å². The molecule has 4 nitrogen and oxygen atoms in total. The van der Waals surface area contributed by atoms with E-state index in [0.29, 0.717) is 13.0 Å². The number of nitrogens with one attached hydrogen (secondary N) is 1. The first-order valence-electron chi connectivity index (χ1n) is 6.31. The summed E-state index contributed by atoms with van der Waals surface area (Å²) in [4.78, 5) is 11.6. The third-order valence-corrected chi connectivity index (χ3v) is 3.47. The Labute approximate surface area is 122 Å². The molecule has 1 aromatic carbocycles. The molecule has 0 bridgehead atoms.